The summed E-state index contributed by atoms with van der Waals surface area (Å²) in [6.07, 6.45) is 3.64. The smallest absolute Gasteiger partial charge is 0.0779 e. The van der Waals surface area contributed by atoms with Crippen LogP contribution in [0.2, 0.25) is 0 Å². The lowest BCUT2D eigenvalue weighted by atomic mass is 10.1. The molecule has 1 aromatic rings. The molecule has 1 N–H and O–H groups in total. The van der Waals surface area contributed by atoms with Crippen molar-refractivity contribution in [2.45, 2.75) is 65.2 Å². The molecule has 0 aliphatic carbocycles. The molecule has 1 fully saturated rings. The zero-order valence-corrected chi connectivity index (χ0v) is 12.9. The highest BCUT2D eigenvalue weighted by atomic mass is 16.5. The molecule has 1 aliphatic rings. The summed E-state index contributed by atoms with van der Waals surface area (Å²) in [5, 5.41) is 7.89. The van der Waals surface area contributed by atoms with E-state index in [1.54, 1.807) is 0 Å². The molecule has 4 nitrogen and oxygen atoms in total. The van der Waals surface area contributed by atoms with E-state index in [1.165, 1.54) is 11.3 Å². The Bertz CT molecular complexity index is 437. The van der Waals surface area contributed by atoms with E-state index in [4.69, 9.17) is 4.74 Å². The Morgan fingerprint density at radius 1 is 1.42 bits per heavy atom. The Morgan fingerprint density at radius 2 is 2.16 bits per heavy atom. The summed E-state index contributed by atoms with van der Waals surface area (Å²) in [7, 11) is 1.99. The van der Waals surface area contributed by atoms with Crippen molar-refractivity contribution in [2.24, 2.45) is 0 Å². The third-order valence-electron chi connectivity index (χ3n) is 4.09. The van der Waals surface area contributed by atoms with Gasteiger partial charge in [0.05, 0.1) is 23.9 Å². The first-order chi connectivity index (χ1) is 8.93. The van der Waals surface area contributed by atoms with E-state index in [0.717, 1.165) is 38.0 Å². The second-order valence-electron chi connectivity index (χ2n) is 6.22. The molecule has 0 aromatic carbocycles. The van der Waals surface area contributed by atoms with Crippen LogP contribution in [0.5, 0.6) is 0 Å². The van der Waals surface area contributed by atoms with Gasteiger partial charge < -0.3 is 10.1 Å². The summed E-state index contributed by atoms with van der Waals surface area (Å²) in [6, 6.07) is 0. The third kappa shape index (κ3) is 3.37. The monoisotopic (exact) mass is 265 g/mol. The maximum absolute atomic E-state index is 6.06. The van der Waals surface area contributed by atoms with Gasteiger partial charge in [-0.05, 0) is 66.1 Å². The van der Waals surface area contributed by atoms with Crippen molar-refractivity contribution in [1.82, 2.24) is 15.1 Å². The number of hydrogen-bond acceptors (Lipinski definition) is 3. The highest BCUT2D eigenvalue weighted by Gasteiger charge is 2.32. The Kier molecular flexibility index (Phi) is 4.31. The molecule has 0 spiro atoms. The normalized spacial score (nSPS) is 22.1. The molecule has 1 unspecified atom stereocenters. The number of aromatic nitrogens is 2. The first-order valence-electron chi connectivity index (χ1n) is 7.28. The van der Waals surface area contributed by atoms with Gasteiger partial charge in [-0.15, -0.1) is 0 Å². The van der Waals surface area contributed by atoms with Crippen molar-refractivity contribution < 1.29 is 4.74 Å². The minimum absolute atomic E-state index is 0.0374. The van der Waals surface area contributed by atoms with Gasteiger partial charge in [0.2, 0.25) is 0 Å². The second-order valence-corrected chi connectivity index (χ2v) is 6.22. The van der Waals surface area contributed by atoms with E-state index in [1.807, 2.05) is 7.05 Å². The minimum atomic E-state index is 0.0374. The van der Waals surface area contributed by atoms with Gasteiger partial charge in [0.25, 0.3) is 0 Å². The van der Waals surface area contributed by atoms with Crippen molar-refractivity contribution >= 4 is 0 Å². The van der Waals surface area contributed by atoms with Crippen LogP contribution in [0.15, 0.2) is 0 Å². The van der Waals surface area contributed by atoms with Gasteiger partial charge in [-0.1, -0.05) is 0 Å². The van der Waals surface area contributed by atoms with Crippen LogP contribution < -0.4 is 5.32 Å². The van der Waals surface area contributed by atoms with Crippen LogP contribution in [0.3, 0.4) is 0 Å². The molecule has 0 bridgehead atoms. The Morgan fingerprint density at radius 3 is 2.74 bits per heavy atom. The van der Waals surface area contributed by atoms with Gasteiger partial charge >= 0.3 is 0 Å². The summed E-state index contributed by atoms with van der Waals surface area (Å²) in [4.78, 5) is 0. The predicted octanol–water partition coefficient (Wildman–Crippen LogP) is 2.22. The first kappa shape index (κ1) is 14.5. The highest BCUT2D eigenvalue weighted by Crippen LogP contribution is 2.30. The van der Waals surface area contributed by atoms with Gasteiger partial charge in [-0.25, -0.2) is 0 Å². The zero-order valence-electron chi connectivity index (χ0n) is 12.9. The Hall–Kier alpha value is -0.870. The molecule has 0 radical (unpaired) electrons. The molecule has 4 heteroatoms. The van der Waals surface area contributed by atoms with Crippen LogP contribution in [0.1, 0.15) is 43.6 Å². The van der Waals surface area contributed by atoms with Gasteiger partial charge in [-0.2, -0.15) is 5.10 Å². The molecule has 2 heterocycles. The lowest BCUT2D eigenvalue weighted by Crippen LogP contribution is -2.23. The molecular weight excluding hydrogens is 238 g/mol. The van der Waals surface area contributed by atoms with Crippen molar-refractivity contribution in [2.75, 3.05) is 13.6 Å². The van der Waals surface area contributed by atoms with Crippen LogP contribution in [0.4, 0.5) is 0 Å². The fraction of sp³-hybridized carbons (Fsp3) is 0.800. The zero-order chi connectivity index (χ0) is 14.0. The first-order valence-corrected chi connectivity index (χ1v) is 7.28. The lowest BCUT2D eigenvalue weighted by molar-refractivity contribution is -0.0232. The second kappa shape index (κ2) is 5.63. The summed E-state index contributed by atoms with van der Waals surface area (Å²) in [5.41, 5.74) is 3.87. The maximum Gasteiger partial charge on any atom is 0.0779 e. The maximum atomic E-state index is 6.06. The summed E-state index contributed by atoms with van der Waals surface area (Å²) < 4.78 is 8.20. The standard InChI is InChI=1S/C15H27N3O/c1-11-14(7-9-16-5)12(2)18(17-11)10-13-6-8-15(3,4)19-13/h13,16H,6-10H2,1-5H3. The van der Waals surface area contributed by atoms with E-state index >= 15 is 0 Å². The number of nitrogens with one attached hydrogen (secondary N) is 1. The lowest BCUT2D eigenvalue weighted by Gasteiger charge is -2.19. The van der Waals surface area contributed by atoms with Crippen molar-refractivity contribution in [3.05, 3.63) is 17.0 Å². The SMILES string of the molecule is CNCCc1c(C)nn(CC2CCC(C)(C)O2)c1C. The molecule has 1 aliphatic heterocycles. The molecular formula is C15H27N3O. The molecule has 1 atom stereocenters. The van der Waals surface area contributed by atoms with Gasteiger partial charge in [0, 0.05) is 5.69 Å². The number of aryl methyl sites for hydroxylation is 1. The molecule has 2 rings (SSSR count). The quantitative estimate of drug-likeness (QED) is 0.887. The number of nitrogens with zero attached hydrogens (tertiary/aromatic N) is 2. The van der Waals surface area contributed by atoms with Crippen molar-refractivity contribution in [3.8, 4) is 0 Å². The van der Waals surface area contributed by atoms with E-state index in [-0.39, 0.29) is 5.60 Å². The number of rotatable bonds is 5. The van der Waals surface area contributed by atoms with E-state index in [9.17, 15) is 0 Å². The average molecular weight is 265 g/mol. The van der Waals surface area contributed by atoms with Crippen LogP contribution in [0.25, 0.3) is 0 Å². The highest BCUT2D eigenvalue weighted by molar-refractivity contribution is 5.24. The topological polar surface area (TPSA) is 39.1 Å². The van der Waals surface area contributed by atoms with Crippen LogP contribution >= 0.6 is 0 Å². The molecule has 0 amide bonds. The van der Waals surface area contributed by atoms with Crippen LogP contribution in [-0.4, -0.2) is 35.1 Å². The summed E-state index contributed by atoms with van der Waals surface area (Å²) in [6.45, 7) is 10.5. The van der Waals surface area contributed by atoms with E-state index in [0.29, 0.717) is 6.10 Å². The predicted molar refractivity (Wildman–Crippen MR) is 77.5 cm³/mol. The summed E-state index contributed by atoms with van der Waals surface area (Å²) in [5.74, 6) is 0. The number of likely N-dealkylation sites (N-methyl/N-ethyl adjacent to an activating group) is 1. The molecule has 108 valence electrons. The largest absolute Gasteiger partial charge is 0.370 e. The number of ether oxygens (including phenoxy) is 1. The average Bonchev–Trinajstić information content (AvgIpc) is 2.79. The Balaban J connectivity index is 2.05. The van der Waals surface area contributed by atoms with Gasteiger partial charge in [-0.3, -0.25) is 4.68 Å². The van der Waals surface area contributed by atoms with E-state index < -0.39 is 0 Å². The van der Waals surface area contributed by atoms with Crippen LogP contribution in [0, 0.1) is 13.8 Å². The molecule has 1 aromatic heterocycles. The number of hydrogen-bond donors (Lipinski definition) is 1. The molecule has 1 saturated heterocycles. The van der Waals surface area contributed by atoms with Gasteiger partial charge in [0.15, 0.2) is 0 Å². The third-order valence-corrected chi connectivity index (χ3v) is 4.09. The fourth-order valence-corrected chi connectivity index (χ4v) is 2.92. The fourth-order valence-electron chi connectivity index (χ4n) is 2.92. The van der Waals surface area contributed by atoms with E-state index in [2.05, 4.69) is 42.8 Å². The van der Waals surface area contributed by atoms with Crippen LogP contribution in [-0.2, 0) is 17.7 Å². The van der Waals surface area contributed by atoms with Crippen molar-refractivity contribution in [3.63, 3.8) is 0 Å². The minimum Gasteiger partial charge on any atom is -0.370 e. The summed E-state index contributed by atoms with van der Waals surface area (Å²) >= 11 is 0. The molecule has 0 saturated carbocycles. The van der Waals surface area contributed by atoms with Gasteiger partial charge in [0.1, 0.15) is 0 Å². The van der Waals surface area contributed by atoms with Crippen molar-refractivity contribution in [1.29, 1.82) is 0 Å². The Labute approximate surface area is 116 Å². The molecule has 19 heavy (non-hydrogen) atoms.